The topological polar surface area (TPSA) is 103 Å². The molecule has 0 aliphatic heterocycles. The van der Waals surface area contributed by atoms with Crippen LogP contribution >= 0.6 is 23.2 Å². The first-order chi connectivity index (χ1) is 11.4. The number of aromatic nitrogens is 3. The summed E-state index contributed by atoms with van der Waals surface area (Å²) in [6.07, 6.45) is 1.47. The SMILES string of the molecule is CCOC(=O)c1cc2c(-c3c(O)cc(Cl)cc3Cl)nc(N)nn2c1. The van der Waals surface area contributed by atoms with Gasteiger partial charge in [-0.3, -0.25) is 0 Å². The molecule has 0 unspecified atom stereocenters. The van der Waals surface area contributed by atoms with E-state index in [1.165, 1.54) is 28.9 Å². The molecule has 3 N–H and O–H groups in total. The zero-order valence-electron chi connectivity index (χ0n) is 12.5. The van der Waals surface area contributed by atoms with Crippen LogP contribution in [0.25, 0.3) is 16.8 Å². The smallest absolute Gasteiger partial charge is 0.339 e. The average molecular weight is 367 g/mol. The van der Waals surface area contributed by atoms with Crippen molar-refractivity contribution in [3.8, 4) is 17.0 Å². The molecule has 7 nitrogen and oxygen atoms in total. The minimum Gasteiger partial charge on any atom is -0.507 e. The van der Waals surface area contributed by atoms with Crippen LogP contribution in [-0.2, 0) is 4.74 Å². The number of halogens is 2. The lowest BCUT2D eigenvalue weighted by atomic mass is 10.1. The molecule has 0 spiro atoms. The molecule has 0 fully saturated rings. The van der Waals surface area contributed by atoms with Crippen LogP contribution < -0.4 is 5.73 Å². The molecule has 0 atom stereocenters. The molecule has 0 aliphatic carbocycles. The van der Waals surface area contributed by atoms with Gasteiger partial charge in [0, 0.05) is 11.2 Å². The van der Waals surface area contributed by atoms with Crippen molar-refractivity contribution in [1.29, 1.82) is 0 Å². The molecule has 3 rings (SSSR count). The Labute approximate surface area is 146 Å². The molecule has 0 saturated carbocycles. The number of esters is 1. The van der Waals surface area contributed by atoms with E-state index in [1.54, 1.807) is 6.92 Å². The number of rotatable bonds is 3. The maximum Gasteiger partial charge on any atom is 0.339 e. The van der Waals surface area contributed by atoms with Gasteiger partial charge in [0.1, 0.15) is 11.4 Å². The van der Waals surface area contributed by atoms with Crippen LogP contribution in [0.2, 0.25) is 10.0 Å². The van der Waals surface area contributed by atoms with Crippen molar-refractivity contribution in [2.24, 2.45) is 0 Å². The number of ether oxygens (including phenoxy) is 1. The third-order valence-corrected chi connectivity index (χ3v) is 3.78. The second-order valence-corrected chi connectivity index (χ2v) is 5.72. The van der Waals surface area contributed by atoms with Crippen LogP contribution in [0.5, 0.6) is 5.75 Å². The average Bonchev–Trinajstić information content (AvgIpc) is 2.90. The normalized spacial score (nSPS) is 11.0. The second kappa shape index (κ2) is 6.18. The minimum absolute atomic E-state index is 0.0473. The number of benzene rings is 1. The number of nitrogens with zero attached hydrogens (tertiary/aromatic N) is 3. The number of fused-ring (bicyclic) bond motifs is 1. The number of phenolic OH excluding ortho intramolecular Hbond substituents is 1. The van der Waals surface area contributed by atoms with Gasteiger partial charge in [0.05, 0.1) is 28.3 Å². The van der Waals surface area contributed by atoms with Crippen LogP contribution in [0.3, 0.4) is 0 Å². The van der Waals surface area contributed by atoms with Gasteiger partial charge < -0.3 is 15.6 Å². The first kappa shape index (κ1) is 16.4. The Morgan fingerprint density at radius 3 is 2.79 bits per heavy atom. The molecular weight excluding hydrogens is 355 g/mol. The fourth-order valence-electron chi connectivity index (χ4n) is 2.32. The predicted octanol–water partition coefficient (Wildman–Crippen LogP) is 3.17. The van der Waals surface area contributed by atoms with Gasteiger partial charge in [0.15, 0.2) is 0 Å². The quantitative estimate of drug-likeness (QED) is 0.690. The Hall–Kier alpha value is -2.51. The van der Waals surface area contributed by atoms with Crippen molar-refractivity contribution in [1.82, 2.24) is 14.6 Å². The lowest BCUT2D eigenvalue weighted by Gasteiger charge is -2.09. The third-order valence-electron chi connectivity index (χ3n) is 3.26. The highest BCUT2D eigenvalue weighted by Gasteiger charge is 2.20. The molecule has 1 aromatic carbocycles. The Morgan fingerprint density at radius 2 is 2.12 bits per heavy atom. The highest BCUT2D eigenvalue weighted by Crippen LogP contribution is 2.39. The summed E-state index contributed by atoms with van der Waals surface area (Å²) in [7, 11) is 0. The van der Waals surface area contributed by atoms with Crippen LogP contribution in [-0.4, -0.2) is 32.3 Å². The molecule has 24 heavy (non-hydrogen) atoms. The predicted molar refractivity (Wildman–Crippen MR) is 90.5 cm³/mol. The third kappa shape index (κ3) is 2.83. The summed E-state index contributed by atoms with van der Waals surface area (Å²) >= 11 is 12.1. The summed E-state index contributed by atoms with van der Waals surface area (Å²) < 4.78 is 6.36. The number of aromatic hydroxyl groups is 1. The zero-order chi connectivity index (χ0) is 17.4. The molecule has 0 bridgehead atoms. The van der Waals surface area contributed by atoms with Crippen molar-refractivity contribution >= 4 is 40.6 Å². The minimum atomic E-state index is -0.501. The van der Waals surface area contributed by atoms with E-state index in [4.69, 9.17) is 33.7 Å². The van der Waals surface area contributed by atoms with E-state index >= 15 is 0 Å². The number of hydrogen-bond donors (Lipinski definition) is 2. The molecule has 0 aliphatic rings. The second-order valence-electron chi connectivity index (χ2n) is 4.88. The van der Waals surface area contributed by atoms with Crippen LogP contribution in [0.1, 0.15) is 17.3 Å². The summed E-state index contributed by atoms with van der Waals surface area (Å²) in [6.45, 7) is 1.96. The summed E-state index contributed by atoms with van der Waals surface area (Å²) in [5.74, 6) is -0.709. The number of carbonyl (C=O) groups is 1. The Bertz CT molecular complexity index is 932. The van der Waals surface area contributed by atoms with Crippen molar-refractivity contribution < 1.29 is 14.6 Å². The Kier molecular flexibility index (Phi) is 4.21. The first-order valence-electron chi connectivity index (χ1n) is 6.92. The molecular formula is C15H12Cl2N4O3. The summed E-state index contributed by atoms with van der Waals surface area (Å²) in [6, 6.07) is 4.35. The van der Waals surface area contributed by atoms with E-state index in [-0.39, 0.29) is 45.2 Å². The van der Waals surface area contributed by atoms with E-state index in [0.717, 1.165) is 0 Å². The Morgan fingerprint density at radius 1 is 1.38 bits per heavy atom. The number of anilines is 1. The summed E-state index contributed by atoms with van der Waals surface area (Å²) in [5, 5.41) is 14.7. The van der Waals surface area contributed by atoms with Crippen molar-refractivity contribution in [2.75, 3.05) is 12.3 Å². The molecule has 3 aromatic rings. The first-order valence-corrected chi connectivity index (χ1v) is 7.67. The molecule has 2 heterocycles. The van der Waals surface area contributed by atoms with Gasteiger partial charge in [-0.25, -0.2) is 14.3 Å². The molecule has 2 aromatic heterocycles. The van der Waals surface area contributed by atoms with Gasteiger partial charge in [0.2, 0.25) is 5.95 Å². The van der Waals surface area contributed by atoms with E-state index in [2.05, 4.69) is 10.1 Å². The lowest BCUT2D eigenvalue weighted by molar-refractivity contribution is 0.0526. The van der Waals surface area contributed by atoms with Gasteiger partial charge in [-0.2, -0.15) is 0 Å². The van der Waals surface area contributed by atoms with E-state index in [1.807, 2.05) is 0 Å². The van der Waals surface area contributed by atoms with Crippen molar-refractivity contribution in [3.05, 3.63) is 40.0 Å². The Balaban J connectivity index is 2.27. The molecule has 0 saturated heterocycles. The van der Waals surface area contributed by atoms with E-state index in [9.17, 15) is 9.90 Å². The highest BCUT2D eigenvalue weighted by atomic mass is 35.5. The molecule has 9 heteroatoms. The van der Waals surface area contributed by atoms with Crippen molar-refractivity contribution in [2.45, 2.75) is 6.92 Å². The number of nitrogen functional groups attached to an aromatic ring is 1. The molecule has 0 amide bonds. The zero-order valence-corrected chi connectivity index (χ0v) is 14.0. The monoisotopic (exact) mass is 366 g/mol. The summed E-state index contributed by atoms with van der Waals surface area (Å²) in [4.78, 5) is 16.1. The van der Waals surface area contributed by atoms with Crippen molar-refractivity contribution in [3.63, 3.8) is 0 Å². The summed E-state index contributed by atoms with van der Waals surface area (Å²) in [5.41, 5.74) is 6.96. The number of nitrogens with two attached hydrogens (primary N) is 1. The van der Waals surface area contributed by atoms with Gasteiger partial charge in [-0.05, 0) is 25.1 Å². The van der Waals surface area contributed by atoms with E-state index in [0.29, 0.717) is 5.52 Å². The van der Waals surface area contributed by atoms with Crippen LogP contribution in [0, 0.1) is 0 Å². The standard InChI is InChI=1S/C15H12Cl2N4O3/c1-2-24-14(23)7-3-10-13(19-15(18)20-21(10)6-7)12-9(17)4-8(16)5-11(12)22/h3-6,22H,2H2,1H3,(H2,18,20). The highest BCUT2D eigenvalue weighted by molar-refractivity contribution is 6.37. The maximum absolute atomic E-state index is 11.9. The molecule has 0 radical (unpaired) electrons. The van der Waals surface area contributed by atoms with Gasteiger partial charge in [0.25, 0.3) is 0 Å². The molecule has 124 valence electrons. The largest absolute Gasteiger partial charge is 0.507 e. The van der Waals surface area contributed by atoms with Crippen LogP contribution in [0.4, 0.5) is 5.95 Å². The number of hydrogen-bond acceptors (Lipinski definition) is 6. The number of phenols is 1. The maximum atomic E-state index is 11.9. The van der Waals surface area contributed by atoms with Gasteiger partial charge in [-0.15, -0.1) is 5.10 Å². The lowest BCUT2D eigenvalue weighted by Crippen LogP contribution is -2.04. The fourth-order valence-corrected chi connectivity index (χ4v) is 2.89. The fraction of sp³-hybridized carbons (Fsp3) is 0.133. The van der Waals surface area contributed by atoms with Gasteiger partial charge in [-0.1, -0.05) is 23.2 Å². The van der Waals surface area contributed by atoms with E-state index < -0.39 is 5.97 Å². The van der Waals surface area contributed by atoms with Crippen LogP contribution in [0.15, 0.2) is 24.4 Å². The number of carbonyl (C=O) groups excluding carboxylic acids is 1. The van der Waals surface area contributed by atoms with Gasteiger partial charge >= 0.3 is 5.97 Å².